The third-order valence-electron chi connectivity index (χ3n) is 3.36. The molecule has 0 radical (unpaired) electrons. The number of thioether (sulfide) groups is 1. The minimum atomic E-state index is -0.359. The fourth-order valence-electron chi connectivity index (χ4n) is 2.36. The Labute approximate surface area is 145 Å². The van der Waals surface area contributed by atoms with Crippen molar-refractivity contribution in [3.05, 3.63) is 51.0 Å². The fraction of sp³-hybridized carbons (Fsp3) is 0.375. The number of benzene rings is 1. The van der Waals surface area contributed by atoms with Gasteiger partial charge in [0.25, 0.3) is 0 Å². The SMILES string of the molecule is CNCC(C)Sc1c(C)cc(Cl)cc1Cn1ccc(N)nc1=O. The lowest BCUT2D eigenvalue weighted by Crippen LogP contribution is -2.24. The maximum absolute atomic E-state index is 12.0. The predicted molar refractivity (Wildman–Crippen MR) is 97.4 cm³/mol. The van der Waals surface area contributed by atoms with Crippen molar-refractivity contribution in [2.24, 2.45) is 0 Å². The summed E-state index contributed by atoms with van der Waals surface area (Å²) >= 11 is 7.98. The molecule has 5 nitrogen and oxygen atoms in total. The summed E-state index contributed by atoms with van der Waals surface area (Å²) in [6.45, 7) is 5.52. The zero-order chi connectivity index (χ0) is 17.0. The van der Waals surface area contributed by atoms with Crippen LogP contribution in [0.2, 0.25) is 5.02 Å². The van der Waals surface area contributed by atoms with Gasteiger partial charge in [0.2, 0.25) is 0 Å². The van der Waals surface area contributed by atoms with Crippen molar-refractivity contribution in [2.75, 3.05) is 19.3 Å². The highest BCUT2D eigenvalue weighted by atomic mass is 35.5. The topological polar surface area (TPSA) is 72.9 Å². The lowest BCUT2D eigenvalue weighted by Gasteiger charge is -2.18. The van der Waals surface area contributed by atoms with Gasteiger partial charge in [-0.1, -0.05) is 18.5 Å². The van der Waals surface area contributed by atoms with E-state index in [-0.39, 0.29) is 11.5 Å². The number of nitrogens with zero attached hydrogens (tertiary/aromatic N) is 2. The highest BCUT2D eigenvalue weighted by Gasteiger charge is 2.13. The number of hydrogen-bond acceptors (Lipinski definition) is 5. The minimum Gasteiger partial charge on any atom is -0.383 e. The first kappa shape index (κ1) is 17.8. The van der Waals surface area contributed by atoms with E-state index in [9.17, 15) is 4.79 Å². The van der Waals surface area contributed by atoms with Crippen molar-refractivity contribution in [3.8, 4) is 0 Å². The second-order valence-electron chi connectivity index (χ2n) is 5.46. The van der Waals surface area contributed by atoms with E-state index in [1.807, 2.05) is 26.1 Å². The summed E-state index contributed by atoms with van der Waals surface area (Å²) < 4.78 is 1.54. The molecule has 23 heavy (non-hydrogen) atoms. The molecule has 0 aliphatic rings. The van der Waals surface area contributed by atoms with Crippen LogP contribution in [0.15, 0.2) is 34.1 Å². The Bertz CT molecular complexity index is 747. The van der Waals surface area contributed by atoms with Crippen LogP contribution in [0.25, 0.3) is 0 Å². The van der Waals surface area contributed by atoms with Gasteiger partial charge >= 0.3 is 5.69 Å². The van der Waals surface area contributed by atoms with E-state index in [2.05, 4.69) is 17.2 Å². The molecule has 1 aromatic carbocycles. The monoisotopic (exact) mass is 352 g/mol. The van der Waals surface area contributed by atoms with Crippen LogP contribution in [0.3, 0.4) is 0 Å². The lowest BCUT2D eigenvalue weighted by molar-refractivity contribution is 0.718. The fourth-order valence-corrected chi connectivity index (χ4v) is 3.83. The number of rotatable bonds is 6. The molecule has 0 amide bonds. The number of aryl methyl sites for hydroxylation is 1. The van der Waals surface area contributed by atoms with Crippen molar-refractivity contribution >= 4 is 29.2 Å². The number of nitrogen functional groups attached to an aromatic ring is 1. The quantitative estimate of drug-likeness (QED) is 0.781. The van der Waals surface area contributed by atoms with Gasteiger partial charge in [0.1, 0.15) is 5.82 Å². The standard InChI is InChI=1S/C16H21ClN4OS/c1-10-6-13(17)7-12(15(10)23-11(2)8-19-3)9-21-5-4-14(18)20-16(21)22/h4-7,11,19H,8-9H2,1-3H3,(H2,18,20,22). The van der Waals surface area contributed by atoms with Crippen molar-refractivity contribution in [3.63, 3.8) is 0 Å². The zero-order valence-electron chi connectivity index (χ0n) is 13.5. The molecule has 124 valence electrons. The number of nitrogens with two attached hydrogens (primary N) is 1. The maximum Gasteiger partial charge on any atom is 0.349 e. The molecule has 2 aromatic rings. The van der Waals surface area contributed by atoms with Gasteiger partial charge in [-0.25, -0.2) is 4.79 Å². The highest BCUT2D eigenvalue weighted by molar-refractivity contribution is 8.00. The second-order valence-corrected chi connectivity index (χ2v) is 7.35. The lowest BCUT2D eigenvalue weighted by atomic mass is 10.1. The normalized spacial score (nSPS) is 12.3. The van der Waals surface area contributed by atoms with Gasteiger partial charge in [-0.05, 0) is 43.3 Å². The van der Waals surface area contributed by atoms with Crippen LogP contribution in [-0.2, 0) is 6.54 Å². The second kappa shape index (κ2) is 7.86. The molecule has 0 bridgehead atoms. The molecular weight excluding hydrogens is 332 g/mol. The van der Waals surface area contributed by atoms with Gasteiger partial charge < -0.3 is 11.1 Å². The Morgan fingerprint density at radius 2 is 2.22 bits per heavy atom. The third kappa shape index (κ3) is 4.73. The molecule has 0 fully saturated rings. The smallest absolute Gasteiger partial charge is 0.349 e. The number of hydrogen-bond donors (Lipinski definition) is 2. The molecule has 3 N–H and O–H groups in total. The molecule has 1 heterocycles. The first-order chi connectivity index (χ1) is 10.9. The summed E-state index contributed by atoms with van der Waals surface area (Å²) in [4.78, 5) is 16.9. The van der Waals surface area contributed by atoms with Crippen molar-refractivity contribution in [1.82, 2.24) is 14.9 Å². The summed E-state index contributed by atoms with van der Waals surface area (Å²) in [5.74, 6) is 0.228. The summed E-state index contributed by atoms with van der Waals surface area (Å²) in [5, 5.41) is 4.25. The van der Waals surface area contributed by atoms with Gasteiger partial charge in [-0.3, -0.25) is 4.57 Å². The van der Waals surface area contributed by atoms with Crippen molar-refractivity contribution in [1.29, 1.82) is 0 Å². The predicted octanol–water partition coefficient (Wildman–Crippen LogP) is 2.54. The van der Waals surface area contributed by atoms with Crippen LogP contribution in [0, 0.1) is 6.92 Å². The Morgan fingerprint density at radius 3 is 2.87 bits per heavy atom. The van der Waals surface area contributed by atoms with E-state index in [0.29, 0.717) is 16.8 Å². The average Bonchev–Trinajstić information content (AvgIpc) is 2.46. The molecular formula is C16H21ClN4OS. The summed E-state index contributed by atoms with van der Waals surface area (Å²) in [6, 6.07) is 5.48. The first-order valence-corrected chi connectivity index (χ1v) is 8.59. The van der Waals surface area contributed by atoms with Crippen molar-refractivity contribution < 1.29 is 0 Å². The van der Waals surface area contributed by atoms with E-state index in [1.54, 1.807) is 24.0 Å². The molecule has 0 saturated heterocycles. The molecule has 0 aliphatic carbocycles. The largest absolute Gasteiger partial charge is 0.383 e. The Morgan fingerprint density at radius 1 is 1.48 bits per heavy atom. The Kier molecular flexibility index (Phi) is 6.10. The number of anilines is 1. The average molecular weight is 353 g/mol. The van der Waals surface area contributed by atoms with E-state index in [4.69, 9.17) is 17.3 Å². The van der Waals surface area contributed by atoms with Crippen LogP contribution in [0.1, 0.15) is 18.1 Å². The first-order valence-electron chi connectivity index (χ1n) is 7.34. The summed E-state index contributed by atoms with van der Waals surface area (Å²) in [7, 11) is 1.94. The van der Waals surface area contributed by atoms with Gasteiger partial charge in [0, 0.05) is 27.9 Å². The van der Waals surface area contributed by atoms with E-state index in [0.717, 1.165) is 22.6 Å². The van der Waals surface area contributed by atoms with Crippen molar-refractivity contribution in [2.45, 2.75) is 30.5 Å². The third-order valence-corrected chi connectivity index (χ3v) is 4.97. The maximum atomic E-state index is 12.0. The van der Waals surface area contributed by atoms with Crippen LogP contribution in [0.5, 0.6) is 0 Å². The Balaban J connectivity index is 2.38. The molecule has 7 heteroatoms. The molecule has 2 rings (SSSR count). The molecule has 0 saturated carbocycles. The molecule has 1 aromatic heterocycles. The Hall–Kier alpha value is -1.50. The molecule has 1 unspecified atom stereocenters. The molecule has 0 spiro atoms. The van der Waals surface area contributed by atoms with Gasteiger partial charge in [-0.15, -0.1) is 11.8 Å². The van der Waals surface area contributed by atoms with Gasteiger partial charge in [-0.2, -0.15) is 4.98 Å². The van der Waals surface area contributed by atoms with E-state index < -0.39 is 0 Å². The number of halogens is 1. The summed E-state index contributed by atoms with van der Waals surface area (Å²) in [5.41, 5.74) is 7.30. The van der Waals surface area contributed by atoms with Crippen LogP contribution >= 0.6 is 23.4 Å². The van der Waals surface area contributed by atoms with Gasteiger partial charge in [0.15, 0.2) is 0 Å². The zero-order valence-corrected chi connectivity index (χ0v) is 15.0. The van der Waals surface area contributed by atoms with Crippen LogP contribution in [0.4, 0.5) is 5.82 Å². The highest BCUT2D eigenvalue weighted by Crippen LogP contribution is 2.32. The van der Waals surface area contributed by atoms with E-state index >= 15 is 0 Å². The van der Waals surface area contributed by atoms with Gasteiger partial charge in [0.05, 0.1) is 6.54 Å². The van der Waals surface area contributed by atoms with Crippen LogP contribution in [-0.4, -0.2) is 28.4 Å². The minimum absolute atomic E-state index is 0.228. The number of nitrogens with one attached hydrogen (secondary N) is 1. The summed E-state index contributed by atoms with van der Waals surface area (Å²) in [6.07, 6.45) is 1.66. The van der Waals surface area contributed by atoms with E-state index in [1.165, 1.54) is 4.57 Å². The van der Waals surface area contributed by atoms with Crippen LogP contribution < -0.4 is 16.7 Å². The molecule has 1 atom stereocenters. The number of aromatic nitrogens is 2. The molecule has 0 aliphatic heterocycles.